The maximum atomic E-state index is 11.8. The van der Waals surface area contributed by atoms with Crippen LogP contribution in [0.4, 0.5) is 23.1 Å². The summed E-state index contributed by atoms with van der Waals surface area (Å²) in [5, 5.41) is 14.5. The van der Waals surface area contributed by atoms with Crippen LogP contribution in [0.2, 0.25) is 0 Å². The van der Waals surface area contributed by atoms with Gasteiger partial charge in [-0.2, -0.15) is 13.2 Å². The average Bonchev–Trinajstić information content (AvgIpc) is 2.81. The second-order valence-electron chi connectivity index (χ2n) is 3.54. The Morgan fingerprint density at radius 1 is 1.33 bits per heavy atom. The number of anilines is 1. The number of aromatic nitrogens is 2. The molecule has 3 N–H and O–H groups in total. The third-order valence-corrected chi connectivity index (χ3v) is 3.78. The predicted molar refractivity (Wildman–Crippen MR) is 72.4 cm³/mol. The van der Waals surface area contributed by atoms with Gasteiger partial charge in [0.05, 0.1) is 5.75 Å². The summed E-state index contributed by atoms with van der Waals surface area (Å²) < 4.78 is 36.0. The van der Waals surface area contributed by atoms with Gasteiger partial charge in [-0.25, -0.2) is 4.79 Å². The van der Waals surface area contributed by atoms with Crippen LogP contribution in [0.3, 0.4) is 0 Å². The molecule has 0 saturated heterocycles. The molecule has 21 heavy (non-hydrogen) atoms. The number of hydrogen-bond acceptors (Lipinski definition) is 7. The lowest BCUT2D eigenvalue weighted by Gasteiger charge is -2.08. The zero-order chi connectivity index (χ0) is 15.9. The van der Waals surface area contributed by atoms with E-state index < -0.39 is 24.7 Å². The molecule has 0 radical (unpaired) electrons. The molecule has 7 nitrogen and oxygen atoms in total. The molecular weight excluding hydrogens is 331 g/mol. The van der Waals surface area contributed by atoms with Crippen molar-refractivity contribution in [2.45, 2.75) is 17.4 Å². The summed E-state index contributed by atoms with van der Waals surface area (Å²) >= 11 is 2.26. The zero-order valence-corrected chi connectivity index (χ0v) is 12.4. The molecule has 0 aliphatic heterocycles. The number of nitrogens with zero attached hydrogens (tertiary/aromatic N) is 2. The first-order valence-electron chi connectivity index (χ1n) is 5.64. The normalized spacial score (nSPS) is 11.0. The van der Waals surface area contributed by atoms with Gasteiger partial charge in [-0.3, -0.25) is 10.1 Å². The number of alkyl halides is 3. The van der Waals surface area contributed by atoms with Gasteiger partial charge in [0.2, 0.25) is 11.0 Å². The Labute approximate surface area is 126 Å². The average molecular weight is 343 g/mol. The number of thioether (sulfide) groups is 1. The topological polar surface area (TPSA) is 96.0 Å². The number of carbonyl (C=O) groups is 2. The van der Waals surface area contributed by atoms with E-state index >= 15 is 0 Å². The summed E-state index contributed by atoms with van der Waals surface area (Å²) in [5.74, 6) is -0.875. The highest BCUT2D eigenvalue weighted by atomic mass is 32.2. The Hall–Kier alpha value is -1.56. The highest BCUT2D eigenvalue weighted by Crippen LogP contribution is 2.24. The Morgan fingerprint density at radius 2 is 2.05 bits per heavy atom. The Kier molecular flexibility index (Phi) is 6.68. The first-order chi connectivity index (χ1) is 9.80. The molecule has 1 rings (SSSR count). The van der Waals surface area contributed by atoms with Gasteiger partial charge >= 0.3 is 12.2 Å². The molecular formula is C9H12F3N5O2S2. The zero-order valence-electron chi connectivity index (χ0n) is 10.8. The third-order valence-electron chi connectivity index (χ3n) is 1.76. The molecule has 3 amide bonds. The molecule has 0 saturated carbocycles. The summed E-state index contributed by atoms with van der Waals surface area (Å²) in [6.45, 7) is 1.07. The van der Waals surface area contributed by atoms with Gasteiger partial charge in [-0.1, -0.05) is 23.1 Å². The van der Waals surface area contributed by atoms with Gasteiger partial charge in [-0.15, -0.1) is 10.2 Å². The van der Waals surface area contributed by atoms with Crippen molar-refractivity contribution in [2.75, 3.05) is 24.2 Å². The molecule has 1 heterocycles. The Morgan fingerprint density at radius 3 is 2.67 bits per heavy atom. The van der Waals surface area contributed by atoms with E-state index in [4.69, 9.17) is 0 Å². The van der Waals surface area contributed by atoms with Crippen LogP contribution in [0.15, 0.2) is 4.34 Å². The number of imide groups is 1. The van der Waals surface area contributed by atoms with E-state index in [9.17, 15) is 22.8 Å². The minimum absolute atomic E-state index is 0.153. The third kappa shape index (κ3) is 7.70. The van der Waals surface area contributed by atoms with Crippen LogP contribution in [-0.2, 0) is 4.79 Å². The second kappa shape index (κ2) is 8.02. The summed E-state index contributed by atoms with van der Waals surface area (Å²) in [5.41, 5.74) is 0. The van der Waals surface area contributed by atoms with Crippen LogP contribution in [0, 0.1) is 0 Å². The molecule has 0 fully saturated rings. The van der Waals surface area contributed by atoms with E-state index in [0.29, 0.717) is 16.0 Å². The van der Waals surface area contributed by atoms with Gasteiger partial charge in [-0.05, 0) is 6.92 Å². The number of amides is 3. The van der Waals surface area contributed by atoms with Crippen molar-refractivity contribution in [3.63, 3.8) is 0 Å². The lowest BCUT2D eigenvalue weighted by molar-refractivity contribution is -0.124. The summed E-state index contributed by atoms with van der Waals surface area (Å²) in [7, 11) is 0. The van der Waals surface area contributed by atoms with Crippen LogP contribution in [-0.4, -0.2) is 47.2 Å². The lowest BCUT2D eigenvalue weighted by Crippen LogP contribution is -2.43. The number of carbonyl (C=O) groups excluding carboxylic acids is 2. The van der Waals surface area contributed by atoms with Gasteiger partial charge < -0.3 is 10.6 Å². The highest BCUT2D eigenvalue weighted by Gasteiger charge is 2.27. The highest BCUT2D eigenvalue weighted by molar-refractivity contribution is 8.01. The Bertz CT molecular complexity index is 494. The van der Waals surface area contributed by atoms with Crippen LogP contribution in [0.5, 0.6) is 0 Å². The number of nitrogens with one attached hydrogen (secondary N) is 3. The minimum atomic E-state index is -4.52. The fourth-order valence-electron chi connectivity index (χ4n) is 1.01. The molecule has 1 aromatic heterocycles. The van der Waals surface area contributed by atoms with Crippen molar-refractivity contribution in [1.29, 1.82) is 0 Å². The van der Waals surface area contributed by atoms with Gasteiger partial charge in [0, 0.05) is 6.54 Å². The summed E-state index contributed by atoms with van der Waals surface area (Å²) in [6, 6.07) is -1.19. The summed E-state index contributed by atoms with van der Waals surface area (Å²) in [6.07, 6.45) is -4.52. The van der Waals surface area contributed by atoms with Crippen molar-refractivity contribution < 1.29 is 22.8 Å². The minimum Gasteiger partial charge on any atom is -0.360 e. The van der Waals surface area contributed by atoms with Crippen molar-refractivity contribution in [3.8, 4) is 0 Å². The molecule has 0 aromatic carbocycles. The van der Waals surface area contributed by atoms with Gasteiger partial charge in [0.15, 0.2) is 4.34 Å². The molecule has 1 aromatic rings. The fourth-order valence-corrected chi connectivity index (χ4v) is 2.63. The maximum Gasteiger partial charge on any atom is 0.405 e. The van der Waals surface area contributed by atoms with Gasteiger partial charge in [0.25, 0.3) is 0 Å². The first-order valence-corrected chi connectivity index (χ1v) is 7.45. The number of halogens is 3. The smallest absolute Gasteiger partial charge is 0.360 e. The SMILES string of the molecule is CCNc1nnc(SCC(=O)NC(=O)NCC(F)(F)F)s1. The molecule has 0 aliphatic rings. The Balaban J connectivity index is 2.28. The molecule has 12 heteroatoms. The van der Waals surface area contributed by atoms with Crippen LogP contribution in [0.25, 0.3) is 0 Å². The van der Waals surface area contributed by atoms with Crippen LogP contribution >= 0.6 is 23.1 Å². The van der Waals surface area contributed by atoms with Gasteiger partial charge in [0.1, 0.15) is 6.54 Å². The van der Waals surface area contributed by atoms with Crippen molar-refractivity contribution in [3.05, 3.63) is 0 Å². The van der Waals surface area contributed by atoms with Crippen LogP contribution < -0.4 is 16.0 Å². The van der Waals surface area contributed by atoms with E-state index in [1.54, 1.807) is 5.32 Å². The van der Waals surface area contributed by atoms with Crippen molar-refractivity contribution in [2.24, 2.45) is 0 Å². The number of hydrogen-bond donors (Lipinski definition) is 3. The molecule has 0 unspecified atom stereocenters. The molecule has 0 bridgehead atoms. The first kappa shape index (κ1) is 17.5. The predicted octanol–water partition coefficient (Wildman–Crippen LogP) is 1.45. The van der Waals surface area contributed by atoms with Crippen molar-refractivity contribution >= 4 is 40.2 Å². The van der Waals surface area contributed by atoms with Crippen LogP contribution in [0.1, 0.15) is 6.92 Å². The quantitative estimate of drug-likeness (QED) is 0.677. The lowest BCUT2D eigenvalue weighted by atomic mass is 10.6. The second-order valence-corrected chi connectivity index (χ2v) is 5.74. The monoisotopic (exact) mass is 343 g/mol. The molecule has 0 atom stereocenters. The van der Waals surface area contributed by atoms with E-state index in [1.807, 2.05) is 6.92 Å². The van der Waals surface area contributed by atoms with Crippen molar-refractivity contribution in [1.82, 2.24) is 20.8 Å². The molecule has 0 spiro atoms. The summed E-state index contributed by atoms with van der Waals surface area (Å²) in [4.78, 5) is 22.4. The number of rotatable bonds is 6. The van der Waals surface area contributed by atoms with E-state index in [1.165, 1.54) is 16.7 Å². The fraction of sp³-hybridized carbons (Fsp3) is 0.556. The molecule has 118 valence electrons. The standard InChI is InChI=1S/C9H12F3N5O2S2/c1-2-13-7-16-17-8(21-7)20-3-5(18)15-6(19)14-4-9(10,11)12/h2-4H2,1H3,(H,13,16)(H2,14,15,18,19). The maximum absolute atomic E-state index is 11.8. The van der Waals surface area contributed by atoms with E-state index in [-0.39, 0.29) is 5.75 Å². The van der Waals surface area contributed by atoms with E-state index in [0.717, 1.165) is 11.8 Å². The number of urea groups is 1. The van der Waals surface area contributed by atoms with E-state index in [2.05, 4.69) is 15.5 Å². The molecule has 0 aliphatic carbocycles. The largest absolute Gasteiger partial charge is 0.405 e.